The van der Waals surface area contributed by atoms with Gasteiger partial charge in [0.1, 0.15) is 0 Å². The Labute approximate surface area is 164 Å². The molecule has 0 amide bonds. The Morgan fingerprint density at radius 1 is 0.963 bits per heavy atom. The SMILES string of the molecule is CC(C)(CC[C@]1(O)CC[C@@H](N)CC1)[Si](O)(c1ccccc1)c1ccccc1. The molecule has 4 heteroatoms. The molecule has 1 saturated carbocycles. The number of aliphatic hydroxyl groups is 1. The maximum absolute atomic E-state index is 12.2. The predicted molar refractivity (Wildman–Crippen MR) is 115 cm³/mol. The van der Waals surface area contributed by atoms with Gasteiger partial charge in [0.2, 0.25) is 0 Å². The lowest BCUT2D eigenvalue weighted by atomic mass is 9.78. The molecule has 0 unspecified atom stereocenters. The van der Waals surface area contributed by atoms with Crippen molar-refractivity contribution in [3.63, 3.8) is 0 Å². The van der Waals surface area contributed by atoms with Crippen LogP contribution in [-0.4, -0.2) is 29.9 Å². The van der Waals surface area contributed by atoms with Crippen LogP contribution in [-0.2, 0) is 0 Å². The average Bonchev–Trinajstić information content (AvgIpc) is 2.70. The summed E-state index contributed by atoms with van der Waals surface area (Å²) in [5, 5.41) is 12.8. The fourth-order valence-electron chi connectivity index (χ4n) is 4.46. The Kier molecular flexibility index (Phi) is 5.92. The van der Waals surface area contributed by atoms with Gasteiger partial charge in [0.15, 0.2) is 0 Å². The molecule has 0 heterocycles. The summed E-state index contributed by atoms with van der Waals surface area (Å²) < 4.78 is 0. The van der Waals surface area contributed by atoms with Crippen LogP contribution in [0.3, 0.4) is 0 Å². The van der Waals surface area contributed by atoms with Crippen molar-refractivity contribution in [1.82, 2.24) is 0 Å². The van der Waals surface area contributed by atoms with Crippen molar-refractivity contribution in [1.29, 1.82) is 0 Å². The fraction of sp³-hybridized carbons (Fsp3) is 0.478. The second-order valence-corrected chi connectivity index (χ2v) is 12.8. The van der Waals surface area contributed by atoms with E-state index in [-0.39, 0.29) is 11.1 Å². The lowest BCUT2D eigenvalue weighted by Gasteiger charge is -2.44. The average molecular weight is 384 g/mol. The molecule has 0 aromatic heterocycles. The molecule has 2 aromatic rings. The first-order chi connectivity index (χ1) is 12.8. The first-order valence-electron chi connectivity index (χ1n) is 10.1. The van der Waals surface area contributed by atoms with Crippen LogP contribution >= 0.6 is 0 Å². The van der Waals surface area contributed by atoms with Gasteiger partial charge in [0.05, 0.1) is 5.60 Å². The van der Waals surface area contributed by atoms with Gasteiger partial charge in [-0.05, 0) is 53.9 Å². The number of nitrogens with two attached hydrogens (primary N) is 1. The van der Waals surface area contributed by atoms with Crippen molar-refractivity contribution in [3.05, 3.63) is 60.7 Å². The summed E-state index contributed by atoms with van der Waals surface area (Å²) in [4.78, 5) is 12.2. The van der Waals surface area contributed by atoms with Crippen molar-refractivity contribution >= 4 is 18.7 Å². The predicted octanol–water partition coefficient (Wildman–Crippen LogP) is 2.93. The van der Waals surface area contributed by atoms with E-state index in [1.807, 2.05) is 36.4 Å². The molecule has 0 aliphatic heterocycles. The standard InChI is InChI=1S/C23H33NO2Si/c1-22(2,17-18-23(25)15-13-19(24)14-16-23)27(26,20-9-5-3-6-10-20)21-11-7-4-8-12-21/h3-12,19,25-26H,13-18,24H2,1-2H3/t19-,23+. The minimum atomic E-state index is -3.00. The molecule has 2 aromatic carbocycles. The minimum Gasteiger partial charge on any atom is -0.424 e. The number of benzene rings is 2. The van der Waals surface area contributed by atoms with Gasteiger partial charge < -0.3 is 15.6 Å². The summed E-state index contributed by atoms with van der Waals surface area (Å²) in [5.74, 6) is 0. The zero-order valence-electron chi connectivity index (χ0n) is 16.6. The van der Waals surface area contributed by atoms with Crippen LogP contribution in [0.15, 0.2) is 60.7 Å². The Balaban J connectivity index is 1.89. The summed E-state index contributed by atoms with van der Waals surface area (Å²) in [6.45, 7) is 4.33. The number of hydrogen-bond acceptors (Lipinski definition) is 3. The maximum Gasteiger partial charge on any atom is 0.258 e. The van der Waals surface area contributed by atoms with Crippen LogP contribution in [0.4, 0.5) is 0 Å². The molecular formula is C23H33NO2Si. The highest BCUT2D eigenvalue weighted by Crippen LogP contribution is 2.43. The maximum atomic E-state index is 12.2. The van der Waals surface area contributed by atoms with Gasteiger partial charge in [-0.1, -0.05) is 74.5 Å². The molecule has 27 heavy (non-hydrogen) atoms. The summed E-state index contributed by atoms with van der Waals surface area (Å²) in [5.41, 5.74) is 5.37. The minimum absolute atomic E-state index is 0.221. The van der Waals surface area contributed by atoms with Gasteiger partial charge in [0, 0.05) is 6.04 Å². The highest BCUT2D eigenvalue weighted by molar-refractivity contribution is 6.98. The zero-order valence-corrected chi connectivity index (χ0v) is 17.6. The van der Waals surface area contributed by atoms with Gasteiger partial charge in [-0.3, -0.25) is 0 Å². The van der Waals surface area contributed by atoms with Crippen LogP contribution in [0.25, 0.3) is 0 Å². The molecule has 0 radical (unpaired) electrons. The van der Waals surface area contributed by atoms with E-state index < -0.39 is 13.9 Å². The summed E-state index contributed by atoms with van der Waals surface area (Å²) in [6, 6.07) is 20.4. The van der Waals surface area contributed by atoms with Crippen LogP contribution in [0.1, 0.15) is 52.4 Å². The van der Waals surface area contributed by atoms with E-state index in [0.717, 1.165) is 42.5 Å². The molecule has 0 saturated heterocycles. The van der Waals surface area contributed by atoms with Crippen molar-refractivity contribution in [2.75, 3.05) is 0 Å². The van der Waals surface area contributed by atoms with E-state index in [9.17, 15) is 9.90 Å². The van der Waals surface area contributed by atoms with Crippen LogP contribution < -0.4 is 16.1 Å². The molecular weight excluding hydrogens is 350 g/mol. The van der Waals surface area contributed by atoms with Gasteiger partial charge >= 0.3 is 0 Å². The van der Waals surface area contributed by atoms with Crippen LogP contribution in [0, 0.1) is 0 Å². The van der Waals surface area contributed by atoms with E-state index in [1.54, 1.807) is 0 Å². The smallest absolute Gasteiger partial charge is 0.258 e. The van der Waals surface area contributed by atoms with Gasteiger partial charge in [-0.15, -0.1) is 0 Å². The van der Waals surface area contributed by atoms with E-state index in [4.69, 9.17) is 5.73 Å². The molecule has 0 spiro atoms. The molecule has 1 aliphatic rings. The third kappa shape index (κ3) is 4.19. The van der Waals surface area contributed by atoms with Crippen molar-refractivity contribution in [3.8, 4) is 0 Å². The van der Waals surface area contributed by atoms with Crippen molar-refractivity contribution in [2.24, 2.45) is 5.73 Å². The summed E-state index contributed by atoms with van der Waals surface area (Å²) in [6.07, 6.45) is 4.79. The van der Waals surface area contributed by atoms with Gasteiger partial charge in [-0.2, -0.15) is 0 Å². The number of rotatable bonds is 6. The molecule has 0 bridgehead atoms. The van der Waals surface area contributed by atoms with E-state index in [2.05, 4.69) is 38.1 Å². The third-order valence-corrected chi connectivity index (χ3v) is 11.1. The second-order valence-electron chi connectivity index (χ2n) is 8.89. The quantitative estimate of drug-likeness (QED) is 0.672. The third-order valence-electron chi connectivity index (χ3n) is 6.54. The van der Waals surface area contributed by atoms with Crippen molar-refractivity contribution < 1.29 is 9.90 Å². The molecule has 1 fully saturated rings. The Morgan fingerprint density at radius 2 is 1.41 bits per heavy atom. The normalized spacial score (nSPS) is 24.0. The fourth-order valence-corrected chi connectivity index (χ4v) is 8.19. The Bertz CT molecular complexity index is 685. The number of hydrogen-bond donors (Lipinski definition) is 3. The summed E-state index contributed by atoms with van der Waals surface area (Å²) >= 11 is 0. The highest BCUT2D eigenvalue weighted by Gasteiger charge is 2.50. The van der Waals surface area contributed by atoms with E-state index in [0.29, 0.717) is 6.42 Å². The lowest BCUT2D eigenvalue weighted by molar-refractivity contribution is -0.0118. The van der Waals surface area contributed by atoms with Crippen LogP contribution in [0.5, 0.6) is 0 Å². The largest absolute Gasteiger partial charge is 0.424 e. The summed E-state index contributed by atoms with van der Waals surface area (Å²) in [7, 11) is -3.00. The first kappa shape index (κ1) is 20.3. The molecule has 4 N–H and O–H groups in total. The molecule has 146 valence electrons. The van der Waals surface area contributed by atoms with Crippen molar-refractivity contribution in [2.45, 2.75) is 69.1 Å². The molecule has 0 atom stereocenters. The topological polar surface area (TPSA) is 66.5 Å². The second kappa shape index (κ2) is 7.88. The first-order valence-corrected chi connectivity index (χ1v) is 12.0. The Morgan fingerprint density at radius 3 is 1.85 bits per heavy atom. The Hall–Kier alpha value is -1.46. The van der Waals surface area contributed by atoms with Gasteiger partial charge in [0.25, 0.3) is 8.32 Å². The molecule has 1 aliphatic carbocycles. The lowest BCUT2D eigenvalue weighted by Crippen LogP contribution is -2.65. The van der Waals surface area contributed by atoms with Crippen LogP contribution in [0.2, 0.25) is 5.04 Å². The van der Waals surface area contributed by atoms with E-state index >= 15 is 0 Å². The molecule has 3 rings (SSSR count). The molecule has 3 nitrogen and oxygen atoms in total. The zero-order chi connectivity index (χ0) is 19.5. The van der Waals surface area contributed by atoms with E-state index in [1.165, 1.54) is 0 Å². The van der Waals surface area contributed by atoms with Gasteiger partial charge in [-0.25, -0.2) is 0 Å². The monoisotopic (exact) mass is 383 g/mol. The highest BCUT2D eigenvalue weighted by atomic mass is 28.4.